The lowest BCUT2D eigenvalue weighted by Crippen LogP contribution is -2.41. The lowest BCUT2D eigenvalue weighted by atomic mass is 9.77. The maximum Gasteiger partial charge on any atom is 0.492 e. The van der Waals surface area contributed by atoms with Gasteiger partial charge in [-0.2, -0.15) is 0 Å². The van der Waals surface area contributed by atoms with Crippen LogP contribution in [0.1, 0.15) is 54.0 Å². The maximum absolute atomic E-state index is 12.1. The second kappa shape index (κ2) is 7.97. The van der Waals surface area contributed by atoms with Crippen molar-refractivity contribution in [1.82, 2.24) is 5.32 Å². The SMILES string of the molecule is CC(C)(C)OC(=O)NCC(=Cc1cc(Cl)ccc1O)B1OC(C)(C)C(C)(C)O1. The van der Waals surface area contributed by atoms with Crippen LogP contribution in [0.25, 0.3) is 6.08 Å². The van der Waals surface area contributed by atoms with Gasteiger partial charge >= 0.3 is 13.2 Å². The second-order valence-corrected chi connectivity index (χ2v) is 9.30. The van der Waals surface area contributed by atoms with Crippen molar-refractivity contribution < 1.29 is 23.9 Å². The molecule has 0 aliphatic carbocycles. The molecule has 1 aromatic carbocycles. The quantitative estimate of drug-likeness (QED) is 0.711. The third-order valence-corrected chi connectivity index (χ3v) is 4.96. The Morgan fingerprint density at radius 2 is 1.82 bits per heavy atom. The highest BCUT2D eigenvalue weighted by Crippen LogP contribution is 2.39. The number of hydrogen-bond acceptors (Lipinski definition) is 5. The van der Waals surface area contributed by atoms with E-state index in [9.17, 15) is 9.90 Å². The average Bonchev–Trinajstić information content (AvgIpc) is 2.73. The van der Waals surface area contributed by atoms with Gasteiger partial charge in [0.25, 0.3) is 0 Å². The van der Waals surface area contributed by atoms with Gasteiger partial charge in [0.1, 0.15) is 11.4 Å². The molecular weight excluding hydrogens is 380 g/mol. The molecule has 1 amide bonds. The average molecular weight is 410 g/mol. The number of amides is 1. The molecule has 8 heteroatoms. The fourth-order valence-corrected chi connectivity index (χ4v) is 2.71. The van der Waals surface area contributed by atoms with Crippen molar-refractivity contribution in [3.8, 4) is 5.75 Å². The summed E-state index contributed by atoms with van der Waals surface area (Å²) < 4.78 is 17.5. The van der Waals surface area contributed by atoms with Gasteiger partial charge in [-0.25, -0.2) is 4.79 Å². The van der Waals surface area contributed by atoms with E-state index in [-0.39, 0.29) is 12.3 Å². The number of phenols is 1. The van der Waals surface area contributed by atoms with E-state index in [1.807, 2.05) is 27.7 Å². The summed E-state index contributed by atoms with van der Waals surface area (Å²) >= 11 is 6.06. The topological polar surface area (TPSA) is 77.0 Å². The maximum atomic E-state index is 12.1. The number of benzene rings is 1. The third kappa shape index (κ3) is 5.66. The number of alkyl carbamates (subject to hydrolysis) is 1. The first-order valence-corrected chi connectivity index (χ1v) is 9.59. The van der Waals surface area contributed by atoms with Crippen LogP contribution < -0.4 is 5.32 Å². The number of phenolic OH excluding ortho intramolecular Hbond substituents is 1. The van der Waals surface area contributed by atoms with E-state index in [1.54, 1.807) is 39.0 Å². The number of nitrogens with one attached hydrogen (secondary N) is 1. The minimum Gasteiger partial charge on any atom is -0.507 e. The van der Waals surface area contributed by atoms with Crippen LogP contribution in [0.15, 0.2) is 23.7 Å². The summed E-state index contributed by atoms with van der Waals surface area (Å²) in [6, 6.07) is 4.74. The molecule has 0 bridgehead atoms. The van der Waals surface area contributed by atoms with Gasteiger partial charge in [0.2, 0.25) is 0 Å². The van der Waals surface area contributed by atoms with Crippen molar-refractivity contribution >= 4 is 30.9 Å². The Labute approximate surface area is 172 Å². The van der Waals surface area contributed by atoms with Crippen LogP contribution in [0.5, 0.6) is 5.75 Å². The second-order valence-electron chi connectivity index (χ2n) is 8.87. The number of carbonyl (C=O) groups excluding carboxylic acids is 1. The van der Waals surface area contributed by atoms with Gasteiger partial charge in [0.15, 0.2) is 0 Å². The minimum absolute atomic E-state index is 0.0654. The third-order valence-electron chi connectivity index (χ3n) is 4.72. The summed E-state index contributed by atoms with van der Waals surface area (Å²) in [5.74, 6) is 0.0654. The van der Waals surface area contributed by atoms with Crippen molar-refractivity contribution in [2.45, 2.75) is 65.3 Å². The molecule has 6 nitrogen and oxygen atoms in total. The molecule has 0 unspecified atom stereocenters. The summed E-state index contributed by atoms with van der Waals surface area (Å²) in [7, 11) is -0.696. The summed E-state index contributed by atoms with van der Waals surface area (Å²) in [4.78, 5) is 12.1. The first-order valence-electron chi connectivity index (χ1n) is 9.22. The van der Waals surface area contributed by atoms with E-state index in [1.165, 1.54) is 6.07 Å². The Balaban J connectivity index is 2.30. The molecule has 2 rings (SSSR count). The van der Waals surface area contributed by atoms with E-state index in [4.69, 9.17) is 25.6 Å². The normalized spacial score (nSPS) is 18.9. The van der Waals surface area contributed by atoms with Gasteiger partial charge in [0.05, 0.1) is 11.2 Å². The van der Waals surface area contributed by atoms with Crippen LogP contribution in [0, 0.1) is 0 Å². The van der Waals surface area contributed by atoms with Crippen LogP contribution in [-0.4, -0.2) is 41.7 Å². The smallest absolute Gasteiger partial charge is 0.492 e. The molecule has 1 fully saturated rings. The molecule has 0 saturated carbocycles. The molecular formula is C20H29BClNO5. The van der Waals surface area contributed by atoms with Crippen molar-refractivity contribution in [3.63, 3.8) is 0 Å². The minimum atomic E-state index is -0.696. The van der Waals surface area contributed by atoms with Gasteiger partial charge in [-0.1, -0.05) is 17.7 Å². The number of aromatic hydroxyl groups is 1. The van der Waals surface area contributed by atoms with Crippen LogP contribution in [-0.2, 0) is 14.0 Å². The molecule has 2 N–H and O–H groups in total. The zero-order valence-electron chi connectivity index (χ0n) is 17.6. The number of hydrogen-bond donors (Lipinski definition) is 2. The molecule has 28 heavy (non-hydrogen) atoms. The van der Waals surface area contributed by atoms with E-state index in [0.29, 0.717) is 16.1 Å². The van der Waals surface area contributed by atoms with Crippen molar-refractivity contribution in [3.05, 3.63) is 34.3 Å². The lowest BCUT2D eigenvalue weighted by Gasteiger charge is -2.32. The lowest BCUT2D eigenvalue weighted by molar-refractivity contribution is 0.00578. The van der Waals surface area contributed by atoms with Crippen LogP contribution in [0.4, 0.5) is 4.79 Å². The van der Waals surface area contributed by atoms with Crippen molar-refractivity contribution in [2.24, 2.45) is 0 Å². The number of rotatable bonds is 4. The Bertz CT molecular complexity index is 754. The van der Waals surface area contributed by atoms with Crippen molar-refractivity contribution in [2.75, 3.05) is 6.54 Å². The highest BCUT2D eigenvalue weighted by atomic mass is 35.5. The van der Waals surface area contributed by atoms with Gasteiger partial charge in [-0.15, -0.1) is 0 Å². The standard InChI is InChI=1S/C20H29BClNO5/c1-18(2,3)26-17(25)23-12-14(10-13-11-15(22)8-9-16(13)24)21-27-19(4,5)20(6,7)28-21/h8-11,24H,12H2,1-7H3,(H,23,25). The molecule has 154 valence electrons. The fraction of sp³-hybridized carbons (Fsp3) is 0.550. The Morgan fingerprint density at radius 1 is 1.25 bits per heavy atom. The molecule has 1 aliphatic rings. The van der Waals surface area contributed by atoms with Crippen LogP contribution >= 0.6 is 11.6 Å². The molecule has 1 aliphatic heterocycles. The highest BCUT2D eigenvalue weighted by Gasteiger charge is 2.52. The summed E-state index contributed by atoms with van der Waals surface area (Å²) in [5, 5.41) is 13.4. The van der Waals surface area contributed by atoms with Gasteiger partial charge in [-0.3, -0.25) is 0 Å². The Morgan fingerprint density at radius 3 is 2.36 bits per heavy atom. The van der Waals surface area contributed by atoms with E-state index >= 15 is 0 Å². The zero-order chi connectivity index (χ0) is 21.3. The molecule has 1 heterocycles. The number of carbonyl (C=O) groups is 1. The molecule has 0 aromatic heterocycles. The van der Waals surface area contributed by atoms with Crippen molar-refractivity contribution in [1.29, 1.82) is 0 Å². The fourth-order valence-electron chi connectivity index (χ4n) is 2.53. The van der Waals surface area contributed by atoms with Gasteiger partial charge in [0, 0.05) is 17.1 Å². The van der Waals surface area contributed by atoms with Gasteiger partial charge in [-0.05, 0) is 72.1 Å². The van der Waals surface area contributed by atoms with Gasteiger partial charge < -0.3 is 24.5 Å². The Hall–Kier alpha value is -1.70. The first kappa shape index (κ1) is 22.6. The van der Waals surface area contributed by atoms with Crippen LogP contribution in [0.2, 0.25) is 5.02 Å². The van der Waals surface area contributed by atoms with E-state index in [2.05, 4.69) is 5.32 Å². The Kier molecular flexibility index (Phi) is 6.43. The molecule has 0 radical (unpaired) electrons. The zero-order valence-corrected chi connectivity index (χ0v) is 18.3. The van der Waals surface area contributed by atoms with E-state index < -0.39 is 30.0 Å². The predicted octanol–water partition coefficient (Wildman–Crippen LogP) is 4.59. The molecule has 1 saturated heterocycles. The molecule has 0 atom stereocenters. The summed E-state index contributed by atoms with van der Waals surface area (Å²) in [6.07, 6.45) is 1.16. The predicted molar refractivity (Wildman–Crippen MR) is 111 cm³/mol. The summed E-state index contributed by atoms with van der Waals surface area (Å²) in [5.41, 5.74) is -0.563. The highest BCUT2D eigenvalue weighted by molar-refractivity contribution is 6.56. The van der Waals surface area contributed by atoms with Crippen LogP contribution in [0.3, 0.4) is 0 Å². The molecule has 1 aromatic rings. The first-order chi connectivity index (χ1) is 12.7. The van der Waals surface area contributed by atoms with E-state index in [0.717, 1.165) is 0 Å². The monoisotopic (exact) mass is 409 g/mol. The largest absolute Gasteiger partial charge is 0.507 e. The molecule has 0 spiro atoms. The number of ether oxygens (including phenoxy) is 1. The number of halogens is 1. The summed E-state index contributed by atoms with van der Waals surface area (Å²) in [6.45, 7) is 13.3.